The van der Waals surface area contributed by atoms with Crippen molar-refractivity contribution in [2.75, 3.05) is 11.4 Å². The quantitative estimate of drug-likeness (QED) is 0.922. The van der Waals surface area contributed by atoms with Crippen molar-refractivity contribution in [1.29, 1.82) is 0 Å². The molecule has 0 radical (unpaired) electrons. The summed E-state index contributed by atoms with van der Waals surface area (Å²) in [5.41, 5.74) is 0.475. The monoisotopic (exact) mass is 307 g/mol. The Hall–Kier alpha value is -2.21. The van der Waals surface area contributed by atoms with Gasteiger partial charge >= 0.3 is 5.97 Å². The summed E-state index contributed by atoms with van der Waals surface area (Å²) in [5.74, 6) is -2.40. The lowest BCUT2D eigenvalue weighted by Crippen LogP contribution is -2.36. The molecule has 0 saturated carbocycles. The molecule has 1 unspecified atom stereocenters. The van der Waals surface area contributed by atoms with Crippen LogP contribution in [-0.4, -0.2) is 23.5 Å². The van der Waals surface area contributed by atoms with Gasteiger partial charge in [0, 0.05) is 12.2 Å². The van der Waals surface area contributed by atoms with Gasteiger partial charge in [0.1, 0.15) is 5.82 Å². The number of rotatable bonds is 5. The van der Waals surface area contributed by atoms with Gasteiger partial charge in [-0.1, -0.05) is 13.0 Å². The lowest BCUT2D eigenvalue weighted by molar-refractivity contribution is -0.140. The van der Waals surface area contributed by atoms with Crippen LogP contribution in [0.15, 0.2) is 41.8 Å². The molecule has 2 aromatic rings. The van der Waals surface area contributed by atoms with Crippen LogP contribution in [-0.2, 0) is 4.79 Å². The van der Waals surface area contributed by atoms with E-state index >= 15 is 0 Å². The molecule has 1 atom stereocenters. The predicted molar refractivity (Wildman–Crippen MR) is 79.2 cm³/mol. The Morgan fingerprint density at radius 2 is 1.95 bits per heavy atom. The van der Waals surface area contributed by atoms with E-state index in [1.54, 1.807) is 17.5 Å². The van der Waals surface area contributed by atoms with Crippen LogP contribution in [0.25, 0.3) is 0 Å². The van der Waals surface area contributed by atoms with Crippen LogP contribution in [0, 0.1) is 11.7 Å². The average molecular weight is 307 g/mol. The van der Waals surface area contributed by atoms with Crippen molar-refractivity contribution in [3.05, 3.63) is 52.5 Å². The van der Waals surface area contributed by atoms with E-state index in [4.69, 9.17) is 5.11 Å². The second kappa shape index (κ2) is 6.49. The molecule has 0 saturated heterocycles. The summed E-state index contributed by atoms with van der Waals surface area (Å²) in [4.78, 5) is 25.4. The predicted octanol–water partition coefficient (Wildman–Crippen LogP) is 3.25. The minimum absolute atomic E-state index is 0.0255. The van der Waals surface area contributed by atoms with E-state index in [2.05, 4.69) is 0 Å². The first kappa shape index (κ1) is 15.2. The summed E-state index contributed by atoms with van der Waals surface area (Å²) < 4.78 is 13.0. The Labute approximate surface area is 125 Å². The van der Waals surface area contributed by atoms with Crippen LogP contribution in [0.3, 0.4) is 0 Å². The van der Waals surface area contributed by atoms with Crippen LogP contribution in [0.2, 0.25) is 0 Å². The molecule has 0 bridgehead atoms. The molecule has 4 nitrogen and oxygen atoms in total. The highest BCUT2D eigenvalue weighted by Gasteiger charge is 2.23. The van der Waals surface area contributed by atoms with Crippen molar-refractivity contribution < 1.29 is 19.1 Å². The number of carboxylic acids is 1. The van der Waals surface area contributed by atoms with Crippen molar-refractivity contribution in [3.63, 3.8) is 0 Å². The molecule has 0 aliphatic heterocycles. The number of thiophene rings is 1. The van der Waals surface area contributed by atoms with E-state index in [9.17, 15) is 14.0 Å². The Bertz CT molecular complexity index is 625. The van der Waals surface area contributed by atoms with Crippen LogP contribution >= 0.6 is 11.3 Å². The molecule has 21 heavy (non-hydrogen) atoms. The first-order valence-electron chi connectivity index (χ1n) is 6.33. The number of nitrogens with zero attached hydrogens (tertiary/aromatic N) is 1. The fourth-order valence-electron chi connectivity index (χ4n) is 1.81. The highest BCUT2D eigenvalue weighted by atomic mass is 32.1. The third-order valence-electron chi connectivity index (χ3n) is 2.99. The Morgan fingerprint density at radius 3 is 2.48 bits per heavy atom. The lowest BCUT2D eigenvalue weighted by Gasteiger charge is -2.24. The smallest absolute Gasteiger partial charge is 0.308 e. The second-order valence-corrected chi connectivity index (χ2v) is 5.56. The van der Waals surface area contributed by atoms with Crippen LogP contribution in [0.4, 0.5) is 10.1 Å². The lowest BCUT2D eigenvalue weighted by atomic mass is 10.1. The van der Waals surface area contributed by atoms with E-state index in [0.29, 0.717) is 10.6 Å². The van der Waals surface area contributed by atoms with Crippen molar-refractivity contribution in [2.24, 2.45) is 5.92 Å². The zero-order valence-electron chi connectivity index (χ0n) is 11.3. The van der Waals surface area contributed by atoms with Gasteiger partial charge in [0.05, 0.1) is 10.8 Å². The Kier molecular flexibility index (Phi) is 4.70. The second-order valence-electron chi connectivity index (χ2n) is 4.61. The minimum atomic E-state index is -0.985. The summed E-state index contributed by atoms with van der Waals surface area (Å²) in [7, 11) is 0. The van der Waals surface area contributed by atoms with Crippen molar-refractivity contribution in [2.45, 2.75) is 6.92 Å². The van der Waals surface area contributed by atoms with Gasteiger partial charge in [-0.3, -0.25) is 9.59 Å². The number of carboxylic acid groups (broad SMARTS) is 1. The molecule has 110 valence electrons. The number of hydrogen-bond acceptors (Lipinski definition) is 3. The van der Waals surface area contributed by atoms with Crippen molar-refractivity contribution >= 4 is 28.9 Å². The van der Waals surface area contributed by atoms with Gasteiger partial charge in [0.25, 0.3) is 5.91 Å². The first-order chi connectivity index (χ1) is 9.99. The zero-order valence-corrected chi connectivity index (χ0v) is 12.1. The molecule has 1 amide bonds. The van der Waals surface area contributed by atoms with Crippen molar-refractivity contribution in [3.8, 4) is 0 Å². The maximum atomic E-state index is 13.0. The van der Waals surface area contributed by atoms with Gasteiger partial charge < -0.3 is 10.0 Å². The molecule has 0 spiro atoms. The Morgan fingerprint density at radius 1 is 1.29 bits per heavy atom. The first-order valence-corrected chi connectivity index (χ1v) is 7.20. The van der Waals surface area contributed by atoms with E-state index < -0.39 is 17.7 Å². The molecule has 1 heterocycles. The highest BCUT2D eigenvalue weighted by Crippen LogP contribution is 2.21. The maximum Gasteiger partial charge on any atom is 0.308 e. The molecule has 1 aromatic carbocycles. The summed E-state index contributed by atoms with van der Waals surface area (Å²) >= 11 is 1.28. The van der Waals surface area contributed by atoms with Gasteiger partial charge in [-0.05, 0) is 35.7 Å². The highest BCUT2D eigenvalue weighted by molar-refractivity contribution is 7.12. The van der Waals surface area contributed by atoms with E-state index in [1.807, 2.05) is 0 Å². The van der Waals surface area contributed by atoms with Crippen LogP contribution < -0.4 is 4.90 Å². The third kappa shape index (κ3) is 3.66. The van der Waals surface area contributed by atoms with Crippen molar-refractivity contribution in [1.82, 2.24) is 0 Å². The number of anilines is 1. The fraction of sp³-hybridized carbons (Fsp3) is 0.200. The van der Waals surface area contributed by atoms with Gasteiger partial charge in [-0.2, -0.15) is 0 Å². The summed E-state index contributed by atoms with van der Waals surface area (Å²) in [6.07, 6.45) is 0. The van der Waals surface area contributed by atoms with Gasteiger partial charge in [-0.25, -0.2) is 4.39 Å². The summed E-state index contributed by atoms with van der Waals surface area (Å²) in [5, 5.41) is 10.8. The number of carbonyl (C=O) groups is 2. The van der Waals surface area contributed by atoms with E-state index in [1.165, 1.54) is 47.4 Å². The van der Waals surface area contributed by atoms with E-state index in [-0.39, 0.29) is 12.5 Å². The molecule has 1 aromatic heterocycles. The minimum Gasteiger partial charge on any atom is -0.481 e. The topological polar surface area (TPSA) is 57.6 Å². The molecule has 2 rings (SSSR count). The maximum absolute atomic E-state index is 13.0. The summed E-state index contributed by atoms with van der Waals surface area (Å²) in [6, 6.07) is 8.85. The fourth-order valence-corrected chi connectivity index (χ4v) is 2.48. The molecule has 0 aliphatic carbocycles. The molecule has 1 N–H and O–H groups in total. The largest absolute Gasteiger partial charge is 0.481 e. The SMILES string of the molecule is CC(CN(C(=O)c1cccs1)c1ccc(F)cc1)C(=O)O. The number of amides is 1. The Balaban J connectivity index is 2.32. The zero-order chi connectivity index (χ0) is 15.4. The molecular weight excluding hydrogens is 293 g/mol. The number of aliphatic carboxylic acids is 1. The van der Waals surface area contributed by atoms with Gasteiger partial charge in [0.2, 0.25) is 0 Å². The van der Waals surface area contributed by atoms with Gasteiger partial charge in [0.15, 0.2) is 0 Å². The molecule has 0 aliphatic rings. The summed E-state index contributed by atoms with van der Waals surface area (Å²) in [6.45, 7) is 1.55. The molecule has 0 fully saturated rings. The molecular formula is C15H14FNO3S. The normalized spacial score (nSPS) is 11.9. The molecule has 6 heteroatoms. The van der Waals surface area contributed by atoms with Gasteiger partial charge in [-0.15, -0.1) is 11.3 Å². The third-order valence-corrected chi connectivity index (χ3v) is 3.85. The number of benzene rings is 1. The number of carbonyl (C=O) groups excluding carboxylic acids is 1. The van der Waals surface area contributed by atoms with Crippen LogP contribution in [0.5, 0.6) is 0 Å². The average Bonchev–Trinajstić information content (AvgIpc) is 2.99. The standard InChI is InChI=1S/C15H14FNO3S/c1-10(15(19)20)9-17(12-6-4-11(16)5-7-12)14(18)13-3-2-8-21-13/h2-8,10H,9H2,1H3,(H,19,20). The number of hydrogen-bond donors (Lipinski definition) is 1. The van der Waals surface area contributed by atoms with Crippen LogP contribution in [0.1, 0.15) is 16.6 Å². The van der Waals surface area contributed by atoms with E-state index in [0.717, 1.165) is 0 Å². The number of halogens is 1.